The summed E-state index contributed by atoms with van der Waals surface area (Å²) >= 11 is 0. The Morgan fingerprint density at radius 1 is 0.389 bits per heavy atom. The zero-order valence-electron chi connectivity index (χ0n) is 23.9. The highest BCUT2D eigenvalue weighted by atomic mass is 17.1. The van der Waals surface area contributed by atoms with Crippen LogP contribution >= 0.6 is 0 Å². The van der Waals surface area contributed by atoms with Gasteiger partial charge in [-0.05, 0) is 12.8 Å². The maximum atomic E-state index is 10.7. The summed E-state index contributed by atoms with van der Waals surface area (Å²) < 4.78 is 0. The van der Waals surface area contributed by atoms with Crippen LogP contribution in [0.2, 0.25) is 0 Å². The van der Waals surface area contributed by atoms with Gasteiger partial charge in [-0.1, -0.05) is 155 Å². The molecule has 0 saturated carbocycles. The van der Waals surface area contributed by atoms with E-state index in [1.165, 1.54) is 128 Å². The van der Waals surface area contributed by atoms with Crippen LogP contribution in [0, 0.1) is 0 Å². The Balaban J connectivity index is 0. The first kappa shape index (κ1) is 37.0. The first-order valence-electron chi connectivity index (χ1n) is 15.3. The van der Waals surface area contributed by atoms with Crippen LogP contribution in [-0.2, 0) is 19.4 Å². The van der Waals surface area contributed by atoms with Crippen molar-refractivity contribution in [2.45, 2.75) is 181 Å². The predicted octanol–water partition coefficient (Wildman–Crippen LogP) is 10.2. The molecule has 6 nitrogen and oxygen atoms in total. The predicted molar refractivity (Wildman–Crippen MR) is 149 cm³/mol. The smallest absolute Gasteiger partial charge is 0.301 e. The minimum atomic E-state index is -0.516. The number of hydrogen-bond acceptors (Lipinski definition) is 6. The quantitative estimate of drug-likeness (QED) is 0.0674. The highest BCUT2D eigenvalue weighted by Crippen LogP contribution is 2.14. The Morgan fingerprint density at radius 2 is 0.583 bits per heavy atom. The van der Waals surface area contributed by atoms with E-state index in [1.807, 2.05) is 0 Å². The summed E-state index contributed by atoms with van der Waals surface area (Å²) in [6.07, 6.45) is 31.3. The summed E-state index contributed by atoms with van der Waals surface area (Å²) in [5.74, 6) is -1.03. The van der Waals surface area contributed by atoms with Crippen molar-refractivity contribution < 1.29 is 29.9 Å². The first-order valence-corrected chi connectivity index (χ1v) is 15.3. The lowest BCUT2D eigenvalue weighted by molar-refractivity contribution is -0.234. The monoisotopic (exact) mass is 516 g/mol. The molecule has 36 heavy (non-hydrogen) atoms. The second-order valence-electron chi connectivity index (χ2n) is 10.2. The van der Waals surface area contributed by atoms with Gasteiger partial charge >= 0.3 is 11.9 Å². The molecule has 0 aliphatic rings. The number of carbonyl (C=O) groups is 2. The molecule has 0 aromatic carbocycles. The lowest BCUT2D eigenvalue weighted by atomic mass is 10.0. The van der Waals surface area contributed by atoms with Crippen molar-refractivity contribution in [3.8, 4) is 0 Å². The molecule has 0 rings (SSSR count). The molecule has 0 aromatic heterocycles. The van der Waals surface area contributed by atoms with Gasteiger partial charge in [-0.15, -0.1) is 0 Å². The Bertz CT molecular complexity index is 441. The topological polar surface area (TPSA) is 93.1 Å². The molecule has 0 atom stereocenters. The summed E-state index contributed by atoms with van der Waals surface area (Å²) in [6, 6.07) is 0. The molecule has 0 radical (unpaired) electrons. The summed E-state index contributed by atoms with van der Waals surface area (Å²) in [5.41, 5.74) is 0. The van der Waals surface area contributed by atoms with Crippen molar-refractivity contribution in [1.29, 1.82) is 0 Å². The van der Waals surface area contributed by atoms with E-state index in [1.54, 1.807) is 0 Å². The van der Waals surface area contributed by atoms with Gasteiger partial charge in [-0.25, -0.2) is 9.59 Å². The molecule has 0 aliphatic heterocycles. The van der Waals surface area contributed by atoms with E-state index in [9.17, 15) is 9.59 Å². The van der Waals surface area contributed by atoms with Gasteiger partial charge in [0.25, 0.3) is 0 Å². The molecule has 0 saturated heterocycles. The molecule has 0 fully saturated rings. The Morgan fingerprint density at radius 3 is 0.778 bits per heavy atom. The molecule has 0 aliphatic carbocycles. The molecule has 0 amide bonds. The molecule has 216 valence electrons. The highest BCUT2D eigenvalue weighted by Gasteiger charge is 2.01. The summed E-state index contributed by atoms with van der Waals surface area (Å²) in [5, 5.41) is 16.1. The fourth-order valence-electron chi connectivity index (χ4n) is 4.31. The average Bonchev–Trinajstić information content (AvgIpc) is 2.89. The Kier molecular flexibility index (Phi) is 34.8. The van der Waals surface area contributed by atoms with Crippen LogP contribution in [0.25, 0.3) is 0 Å². The Hall–Kier alpha value is -1.14. The second-order valence-corrected chi connectivity index (χ2v) is 10.2. The maximum absolute atomic E-state index is 10.7. The van der Waals surface area contributed by atoms with Crippen LogP contribution in [-0.4, -0.2) is 22.5 Å². The van der Waals surface area contributed by atoms with Crippen LogP contribution in [0.4, 0.5) is 0 Å². The number of rotatable bonds is 26. The normalized spacial score (nSPS) is 10.6. The van der Waals surface area contributed by atoms with E-state index in [0.717, 1.165) is 25.7 Å². The van der Waals surface area contributed by atoms with Crippen LogP contribution < -0.4 is 0 Å². The van der Waals surface area contributed by atoms with Gasteiger partial charge in [0, 0.05) is 12.8 Å². The van der Waals surface area contributed by atoms with E-state index in [2.05, 4.69) is 23.6 Å². The summed E-state index contributed by atoms with van der Waals surface area (Å²) in [7, 11) is 0. The van der Waals surface area contributed by atoms with E-state index < -0.39 is 11.9 Å². The number of carbonyl (C=O) groups excluding carboxylic acids is 2. The molecular formula is C30H60O6. The van der Waals surface area contributed by atoms with Gasteiger partial charge in [0.1, 0.15) is 0 Å². The van der Waals surface area contributed by atoms with E-state index in [-0.39, 0.29) is 0 Å². The second kappa shape index (κ2) is 33.9. The minimum absolute atomic E-state index is 0.340. The molecule has 0 unspecified atom stereocenters. The fraction of sp³-hybridized carbons (Fsp3) is 0.933. The van der Waals surface area contributed by atoms with Gasteiger partial charge in [0.05, 0.1) is 0 Å². The molecule has 2 N–H and O–H groups in total. The molecule has 0 spiro atoms. The molecule has 0 heterocycles. The summed E-state index contributed by atoms with van der Waals surface area (Å²) in [4.78, 5) is 28.4. The van der Waals surface area contributed by atoms with Crippen molar-refractivity contribution in [3.05, 3.63) is 0 Å². The van der Waals surface area contributed by atoms with Gasteiger partial charge < -0.3 is 9.78 Å². The van der Waals surface area contributed by atoms with Crippen LogP contribution in [0.3, 0.4) is 0 Å². The third kappa shape index (κ3) is 35.0. The SMILES string of the molecule is CCCCCCCCCCCC(=O)OO.CCCCCCCCCCCCCCCCCC(=O)OO. The molecule has 0 aromatic rings. The fourth-order valence-corrected chi connectivity index (χ4v) is 4.31. The number of unbranched alkanes of at least 4 members (excludes halogenated alkanes) is 22. The first-order chi connectivity index (χ1) is 17.6. The molecular weight excluding hydrogens is 456 g/mol. The van der Waals surface area contributed by atoms with E-state index in [0.29, 0.717) is 12.8 Å². The molecule has 6 heteroatoms. The molecule has 0 bridgehead atoms. The third-order valence-electron chi connectivity index (χ3n) is 6.67. The Labute approximate surface area is 222 Å². The minimum Gasteiger partial charge on any atom is -0.301 e. The van der Waals surface area contributed by atoms with Gasteiger partial charge in [-0.3, -0.25) is 0 Å². The van der Waals surface area contributed by atoms with Crippen LogP contribution in [0.1, 0.15) is 181 Å². The summed E-state index contributed by atoms with van der Waals surface area (Å²) in [6.45, 7) is 4.49. The van der Waals surface area contributed by atoms with Gasteiger partial charge in [-0.2, -0.15) is 10.5 Å². The lowest BCUT2D eigenvalue weighted by Gasteiger charge is -2.03. The van der Waals surface area contributed by atoms with Gasteiger partial charge in [0.2, 0.25) is 0 Å². The third-order valence-corrected chi connectivity index (χ3v) is 6.67. The largest absolute Gasteiger partial charge is 0.342 e. The number of hydrogen-bond donors (Lipinski definition) is 2. The average molecular weight is 517 g/mol. The van der Waals surface area contributed by atoms with Crippen molar-refractivity contribution in [1.82, 2.24) is 0 Å². The highest BCUT2D eigenvalue weighted by molar-refractivity contribution is 5.68. The standard InChI is InChI=1S/C18H36O3.C12H24O3/c1-2-3-4-5-6-7-8-9-10-11-12-13-14-15-16-17-18(19)21-20;1-2-3-4-5-6-7-8-9-10-11-12(13)15-14/h20H,2-17H2,1H3;14H,2-11H2,1H3. The maximum Gasteiger partial charge on any atom is 0.342 e. The van der Waals surface area contributed by atoms with Crippen molar-refractivity contribution in [2.75, 3.05) is 0 Å². The zero-order chi connectivity index (χ0) is 27.0. The van der Waals surface area contributed by atoms with Crippen molar-refractivity contribution in [3.63, 3.8) is 0 Å². The van der Waals surface area contributed by atoms with Crippen molar-refractivity contribution >= 4 is 11.9 Å². The van der Waals surface area contributed by atoms with E-state index in [4.69, 9.17) is 10.5 Å². The van der Waals surface area contributed by atoms with Crippen molar-refractivity contribution in [2.24, 2.45) is 0 Å². The zero-order valence-corrected chi connectivity index (χ0v) is 23.9. The van der Waals surface area contributed by atoms with Gasteiger partial charge in [0.15, 0.2) is 0 Å². The van der Waals surface area contributed by atoms with Crippen LogP contribution in [0.15, 0.2) is 0 Å². The van der Waals surface area contributed by atoms with Crippen LogP contribution in [0.5, 0.6) is 0 Å². The van der Waals surface area contributed by atoms with E-state index >= 15 is 0 Å². The lowest BCUT2D eigenvalue weighted by Crippen LogP contribution is -1.99.